The summed E-state index contributed by atoms with van der Waals surface area (Å²) in [5.74, 6) is 0.270. The molecule has 1 aromatic heterocycles. The van der Waals surface area contributed by atoms with Gasteiger partial charge in [0.2, 0.25) is 0 Å². The van der Waals surface area contributed by atoms with Gasteiger partial charge in [-0.05, 0) is 48.5 Å². The Morgan fingerprint density at radius 1 is 1.04 bits per heavy atom. The SMILES string of the molecule is N#CC(=Cc1ccc(-c2ccc(Cl)cc2Cl)o1)C(=O)Nc1cccc(Cl)c1. The Kier molecular flexibility index (Phi) is 5.88. The molecule has 134 valence electrons. The van der Waals surface area contributed by atoms with Gasteiger partial charge in [-0.1, -0.05) is 40.9 Å². The van der Waals surface area contributed by atoms with Crippen molar-refractivity contribution in [3.05, 3.63) is 81.0 Å². The van der Waals surface area contributed by atoms with Crippen molar-refractivity contribution < 1.29 is 9.21 Å². The zero-order valence-electron chi connectivity index (χ0n) is 13.7. The topological polar surface area (TPSA) is 66.0 Å². The fourth-order valence-corrected chi connectivity index (χ4v) is 3.01. The summed E-state index contributed by atoms with van der Waals surface area (Å²) < 4.78 is 5.69. The second-order valence-electron chi connectivity index (χ2n) is 5.46. The van der Waals surface area contributed by atoms with Crippen LogP contribution in [0.4, 0.5) is 5.69 Å². The van der Waals surface area contributed by atoms with Crippen LogP contribution in [0.3, 0.4) is 0 Å². The lowest BCUT2D eigenvalue weighted by molar-refractivity contribution is -0.112. The Hall–Kier alpha value is -2.71. The van der Waals surface area contributed by atoms with Crippen molar-refractivity contribution in [2.45, 2.75) is 0 Å². The number of benzene rings is 2. The highest BCUT2D eigenvalue weighted by molar-refractivity contribution is 6.36. The summed E-state index contributed by atoms with van der Waals surface area (Å²) in [6.07, 6.45) is 1.35. The first-order chi connectivity index (χ1) is 13.0. The highest BCUT2D eigenvalue weighted by atomic mass is 35.5. The zero-order valence-corrected chi connectivity index (χ0v) is 15.9. The van der Waals surface area contributed by atoms with Crippen LogP contribution < -0.4 is 5.32 Å². The lowest BCUT2D eigenvalue weighted by atomic mass is 10.2. The van der Waals surface area contributed by atoms with E-state index in [1.54, 1.807) is 54.6 Å². The summed E-state index contributed by atoms with van der Waals surface area (Å²) in [6, 6.07) is 16.9. The molecule has 3 aromatic rings. The van der Waals surface area contributed by atoms with Crippen LogP contribution in [-0.4, -0.2) is 5.91 Å². The molecule has 3 rings (SSSR count). The number of nitriles is 1. The Labute approximate surface area is 170 Å². The van der Waals surface area contributed by atoms with Gasteiger partial charge in [0.15, 0.2) is 0 Å². The van der Waals surface area contributed by atoms with Gasteiger partial charge in [-0.25, -0.2) is 0 Å². The molecule has 0 fully saturated rings. The number of amides is 1. The van der Waals surface area contributed by atoms with Crippen LogP contribution in [0, 0.1) is 11.3 Å². The lowest BCUT2D eigenvalue weighted by Gasteiger charge is -2.04. The molecule has 0 atom stereocenters. The van der Waals surface area contributed by atoms with Crippen LogP contribution in [-0.2, 0) is 4.79 Å². The van der Waals surface area contributed by atoms with Crippen molar-refractivity contribution >= 4 is 52.5 Å². The molecule has 7 heteroatoms. The van der Waals surface area contributed by atoms with Crippen LogP contribution in [0.1, 0.15) is 5.76 Å². The number of halogens is 3. The number of carbonyl (C=O) groups is 1. The van der Waals surface area contributed by atoms with Gasteiger partial charge in [0.05, 0.1) is 5.02 Å². The normalized spacial score (nSPS) is 11.1. The number of hydrogen-bond donors (Lipinski definition) is 1. The summed E-state index contributed by atoms with van der Waals surface area (Å²) in [7, 11) is 0. The highest BCUT2D eigenvalue weighted by Gasteiger charge is 2.13. The second kappa shape index (κ2) is 8.32. The second-order valence-corrected chi connectivity index (χ2v) is 6.74. The fourth-order valence-electron chi connectivity index (χ4n) is 2.32. The zero-order chi connectivity index (χ0) is 19.4. The molecule has 0 aliphatic carbocycles. The molecule has 1 heterocycles. The molecule has 27 heavy (non-hydrogen) atoms. The molecule has 0 saturated carbocycles. The predicted molar refractivity (Wildman–Crippen MR) is 108 cm³/mol. The van der Waals surface area contributed by atoms with E-state index in [2.05, 4.69) is 5.32 Å². The predicted octanol–water partition coefficient (Wildman–Crippen LogP) is 6.45. The van der Waals surface area contributed by atoms with E-state index in [4.69, 9.17) is 39.2 Å². The largest absolute Gasteiger partial charge is 0.457 e. The van der Waals surface area contributed by atoms with E-state index in [9.17, 15) is 10.1 Å². The molecule has 0 bridgehead atoms. The third kappa shape index (κ3) is 4.72. The maximum Gasteiger partial charge on any atom is 0.266 e. The quantitative estimate of drug-likeness (QED) is 0.392. The Bertz CT molecular complexity index is 1080. The van der Waals surface area contributed by atoms with Gasteiger partial charge in [-0.3, -0.25) is 4.79 Å². The summed E-state index contributed by atoms with van der Waals surface area (Å²) in [5.41, 5.74) is 1.03. The summed E-state index contributed by atoms with van der Waals surface area (Å²) in [6.45, 7) is 0. The first-order valence-electron chi connectivity index (χ1n) is 7.70. The molecule has 2 aromatic carbocycles. The Morgan fingerprint density at radius 2 is 1.81 bits per heavy atom. The lowest BCUT2D eigenvalue weighted by Crippen LogP contribution is -2.13. The first kappa shape index (κ1) is 19.1. The van der Waals surface area contributed by atoms with E-state index in [-0.39, 0.29) is 5.57 Å². The number of furan rings is 1. The summed E-state index contributed by atoms with van der Waals surface area (Å²) in [4.78, 5) is 12.3. The number of anilines is 1. The molecule has 0 spiro atoms. The van der Waals surface area contributed by atoms with Gasteiger partial charge in [0.1, 0.15) is 23.2 Å². The van der Waals surface area contributed by atoms with E-state index < -0.39 is 5.91 Å². The molecular weight excluding hydrogens is 407 g/mol. The van der Waals surface area contributed by atoms with Crippen LogP contribution >= 0.6 is 34.8 Å². The van der Waals surface area contributed by atoms with E-state index in [1.807, 2.05) is 6.07 Å². The van der Waals surface area contributed by atoms with Gasteiger partial charge in [-0.15, -0.1) is 0 Å². The van der Waals surface area contributed by atoms with Gasteiger partial charge in [0.25, 0.3) is 5.91 Å². The minimum absolute atomic E-state index is 0.113. The summed E-state index contributed by atoms with van der Waals surface area (Å²) in [5, 5.41) is 13.4. The minimum Gasteiger partial charge on any atom is -0.457 e. The maximum atomic E-state index is 12.3. The van der Waals surface area contributed by atoms with Crippen molar-refractivity contribution in [3.63, 3.8) is 0 Å². The smallest absolute Gasteiger partial charge is 0.266 e. The van der Waals surface area contributed by atoms with Gasteiger partial charge < -0.3 is 9.73 Å². The van der Waals surface area contributed by atoms with Crippen molar-refractivity contribution in [1.82, 2.24) is 0 Å². The van der Waals surface area contributed by atoms with Crippen LogP contribution in [0.15, 0.2) is 64.6 Å². The maximum absolute atomic E-state index is 12.3. The standard InChI is InChI=1S/C20H11Cl3N2O2/c21-13-2-1-3-15(9-13)25-20(26)12(11-24)8-16-5-7-19(27-16)17-6-4-14(22)10-18(17)23/h1-10H,(H,25,26). The first-order valence-corrected chi connectivity index (χ1v) is 8.83. The third-order valence-electron chi connectivity index (χ3n) is 3.56. The molecule has 0 radical (unpaired) electrons. The number of nitrogens with zero attached hydrogens (tertiary/aromatic N) is 1. The summed E-state index contributed by atoms with van der Waals surface area (Å²) >= 11 is 18.0. The van der Waals surface area contributed by atoms with E-state index in [1.165, 1.54) is 6.08 Å². The van der Waals surface area contributed by atoms with Crippen LogP contribution in [0.2, 0.25) is 15.1 Å². The molecule has 1 amide bonds. The minimum atomic E-state index is -0.567. The van der Waals surface area contributed by atoms with Crippen molar-refractivity contribution in [1.29, 1.82) is 5.26 Å². The average molecular weight is 418 g/mol. The number of rotatable bonds is 4. The molecule has 0 aliphatic heterocycles. The monoisotopic (exact) mass is 416 g/mol. The molecule has 0 unspecified atom stereocenters. The van der Waals surface area contributed by atoms with Crippen LogP contribution in [0.25, 0.3) is 17.4 Å². The number of hydrogen-bond acceptors (Lipinski definition) is 3. The van der Waals surface area contributed by atoms with Gasteiger partial charge in [-0.2, -0.15) is 5.26 Å². The fraction of sp³-hybridized carbons (Fsp3) is 0. The third-order valence-corrected chi connectivity index (χ3v) is 4.34. The molecular formula is C20H11Cl3N2O2. The Morgan fingerprint density at radius 3 is 2.52 bits per heavy atom. The van der Waals surface area contributed by atoms with E-state index in [0.29, 0.717) is 37.8 Å². The van der Waals surface area contributed by atoms with Crippen molar-refractivity contribution in [2.24, 2.45) is 0 Å². The van der Waals surface area contributed by atoms with Crippen molar-refractivity contribution in [3.8, 4) is 17.4 Å². The van der Waals surface area contributed by atoms with Gasteiger partial charge in [0, 0.05) is 27.4 Å². The Balaban J connectivity index is 1.83. The number of carbonyl (C=O) groups excluding carboxylic acids is 1. The average Bonchev–Trinajstić information content (AvgIpc) is 3.08. The van der Waals surface area contributed by atoms with Crippen molar-refractivity contribution in [2.75, 3.05) is 5.32 Å². The van der Waals surface area contributed by atoms with Crippen LogP contribution in [0.5, 0.6) is 0 Å². The molecule has 4 nitrogen and oxygen atoms in total. The molecule has 0 saturated heterocycles. The molecule has 1 N–H and O–H groups in total. The van der Waals surface area contributed by atoms with Gasteiger partial charge >= 0.3 is 0 Å². The highest BCUT2D eigenvalue weighted by Crippen LogP contribution is 2.32. The molecule has 0 aliphatic rings. The van der Waals surface area contributed by atoms with E-state index >= 15 is 0 Å². The number of nitrogens with one attached hydrogen (secondary N) is 1. The van der Waals surface area contributed by atoms with E-state index in [0.717, 1.165) is 0 Å².